The van der Waals surface area contributed by atoms with Crippen molar-refractivity contribution in [1.82, 2.24) is 10.1 Å². The smallest absolute Gasteiger partial charge is 0.387 e. The summed E-state index contributed by atoms with van der Waals surface area (Å²) in [6.07, 6.45) is 2.50. The number of ether oxygens (including phenoxy) is 2. The minimum absolute atomic E-state index is 0.0140. The first-order valence-electron chi connectivity index (χ1n) is 9.99. The van der Waals surface area contributed by atoms with Crippen LogP contribution in [0.25, 0.3) is 0 Å². The van der Waals surface area contributed by atoms with E-state index in [1.54, 1.807) is 32.0 Å². The molecule has 0 aliphatic heterocycles. The molecule has 1 atom stereocenters. The van der Waals surface area contributed by atoms with E-state index >= 15 is 0 Å². The second-order valence-electron chi connectivity index (χ2n) is 6.98. The molecule has 1 unspecified atom stereocenters. The van der Waals surface area contributed by atoms with Crippen LogP contribution in [0.4, 0.5) is 14.6 Å². The lowest BCUT2D eigenvalue weighted by Gasteiger charge is -2.27. The third kappa shape index (κ3) is 6.98. The van der Waals surface area contributed by atoms with Gasteiger partial charge in [-0.25, -0.2) is 0 Å². The Hall–Kier alpha value is -2.68. The fourth-order valence-corrected chi connectivity index (χ4v) is 3.09. The molecule has 1 amide bonds. The number of carbonyl (C=O) groups excluding carboxylic acids is 1. The van der Waals surface area contributed by atoms with Crippen molar-refractivity contribution in [2.75, 3.05) is 19.0 Å². The van der Waals surface area contributed by atoms with Gasteiger partial charge < -0.3 is 19.3 Å². The second kappa shape index (κ2) is 11.5. The molecule has 0 saturated heterocycles. The van der Waals surface area contributed by atoms with Crippen LogP contribution in [0.5, 0.6) is 11.5 Å². The summed E-state index contributed by atoms with van der Waals surface area (Å²) in [5.41, 5.74) is 0.814. The van der Waals surface area contributed by atoms with Crippen LogP contribution in [-0.4, -0.2) is 42.3 Å². The molecule has 9 heteroatoms. The number of nitrogens with zero attached hydrogens (tertiary/aromatic N) is 2. The van der Waals surface area contributed by atoms with Gasteiger partial charge >= 0.3 is 6.61 Å². The zero-order valence-electron chi connectivity index (χ0n) is 17.8. The summed E-state index contributed by atoms with van der Waals surface area (Å²) in [6, 6.07) is 6.07. The number of aromatic nitrogens is 1. The quantitative estimate of drug-likeness (QED) is 0.535. The number of alkyl halides is 2. The van der Waals surface area contributed by atoms with E-state index in [0.29, 0.717) is 31.2 Å². The molecule has 2 aromatic rings. The van der Waals surface area contributed by atoms with Gasteiger partial charge in [0.1, 0.15) is 5.76 Å². The molecule has 0 aliphatic rings. The van der Waals surface area contributed by atoms with Crippen LogP contribution in [0.15, 0.2) is 28.8 Å². The largest absolute Gasteiger partial charge is 0.490 e. The number of likely N-dealkylation sites (N-methyl/N-ethyl adjacent to an activating group) is 1. The van der Waals surface area contributed by atoms with Crippen LogP contribution in [0, 0.1) is 6.92 Å². The summed E-state index contributed by atoms with van der Waals surface area (Å²) in [5, 5.41) is 6.60. The second-order valence-corrected chi connectivity index (χ2v) is 6.98. The highest BCUT2D eigenvalue weighted by molar-refractivity contribution is 5.94. The van der Waals surface area contributed by atoms with Crippen molar-refractivity contribution in [1.29, 1.82) is 0 Å². The topological polar surface area (TPSA) is 76.8 Å². The minimum Gasteiger partial charge on any atom is -0.490 e. The molecule has 166 valence electrons. The molecule has 0 radical (unpaired) electrons. The summed E-state index contributed by atoms with van der Waals surface area (Å²) in [7, 11) is 1.85. The molecule has 0 spiro atoms. The van der Waals surface area contributed by atoms with E-state index in [1.807, 2.05) is 11.9 Å². The van der Waals surface area contributed by atoms with E-state index in [1.165, 1.54) is 6.07 Å². The highest BCUT2D eigenvalue weighted by atomic mass is 19.3. The van der Waals surface area contributed by atoms with E-state index in [-0.39, 0.29) is 17.4 Å². The maximum Gasteiger partial charge on any atom is 0.387 e. The predicted molar refractivity (Wildman–Crippen MR) is 109 cm³/mol. The van der Waals surface area contributed by atoms with Crippen LogP contribution < -0.4 is 14.8 Å². The first kappa shape index (κ1) is 23.6. The van der Waals surface area contributed by atoms with Crippen LogP contribution >= 0.6 is 0 Å². The number of anilines is 1. The molecule has 2 rings (SSSR count). The third-order valence-electron chi connectivity index (χ3n) is 4.50. The summed E-state index contributed by atoms with van der Waals surface area (Å²) >= 11 is 0. The van der Waals surface area contributed by atoms with E-state index in [0.717, 1.165) is 18.4 Å². The highest BCUT2D eigenvalue weighted by Gasteiger charge is 2.24. The zero-order chi connectivity index (χ0) is 22.1. The lowest BCUT2D eigenvalue weighted by molar-refractivity contribution is -0.121. The Morgan fingerprint density at radius 3 is 2.63 bits per heavy atom. The first-order chi connectivity index (χ1) is 14.3. The Morgan fingerprint density at radius 2 is 2.03 bits per heavy atom. The van der Waals surface area contributed by atoms with Gasteiger partial charge in [0.15, 0.2) is 17.3 Å². The SMILES string of the molecule is CCCCC(C(=O)Nc1cc(C)on1)N(C)Cc1ccc(OC(F)F)c(OCC)c1. The molecule has 1 aromatic heterocycles. The van der Waals surface area contributed by atoms with Crippen LogP contribution in [0.1, 0.15) is 44.4 Å². The number of amides is 1. The number of hydrogen-bond acceptors (Lipinski definition) is 6. The molecule has 0 saturated carbocycles. The van der Waals surface area contributed by atoms with Gasteiger partial charge in [-0.1, -0.05) is 31.0 Å². The molecule has 1 aromatic carbocycles. The molecule has 1 N–H and O–H groups in total. The van der Waals surface area contributed by atoms with Crippen molar-refractivity contribution in [3.63, 3.8) is 0 Å². The average molecular weight is 425 g/mol. The fraction of sp³-hybridized carbons (Fsp3) is 0.524. The van der Waals surface area contributed by atoms with E-state index in [2.05, 4.69) is 22.1 Å². The Kier molecular flexibility index (Phi) is 9.04. The maximum absolute atomic E-state index is 12.8. The molecular weight excluding hydrogens is 396 g/mol. The minimum atomic E-state index is -2.93. The standard InChI is InChI=1S/C21H29F2N3O4/c1-5-7-8-16(20(27)24-19-11-14(3)30-25-19)26(4)13-15-9-10-17(29-21(22)23)18(12-15)28-6-2/h9-12,16,21H,5-8,13H2,1-4H3,(H,24,25,27). The van der Waals surface area contributed by atoms with Gasteiger partial charge in [-0.05, 0) is 45.0 Å². The van der Waals surface area contributed by atoms with E-state index in [4.69, 9.17) is 9.26 Å². The molecule has 0 aliphatic carbocycles. The van der Waals surface area contributed by atoms with Crippen molar-refractivity contribution in [2.24, 2.45) is 0 Å². The molecule has 0 fully saturated rings. The molecule has 7 nitrogen and oxygen atoms in total. The van der Waals surface area contributed by atoms with Crippen LogP contribution in [0.3, 0.4) is 0 Å². The van der Waals surface area contributed by atoms with Crippen molar-refractivity contribution in [3.8, 4) is 11.5 Å². The number of unbranched alkanes of at least 4 members (excludes halogenated alkanes) is 1. The first-order valence-corrected chi connectivity index (χ1v) is 9.99. The Balaban J connectivity index is 2.14. The lowest BCUT2D eigenvalue weighted by Crippen LogP contribution is -2.41. The Bertz CT molecular complexity index is 813. The molecule has 0 bridgehead atoms. The van der Waals surface area contributed by atoms with Crippen LogP contribution in [0.2, 0.25) is 0 Å². The van der Waals surface area contributed by atoms with Gasteiger partial charge in [-0.2, -0.15) is 8.78 Å². The number of rotatable bonds is 12. The third-order valence-corrected chi connectivity index (χ3v) is 4.50. The number of carbonyl (C=O) groups is 1. The van der Waals surface area contributed by atoms with Gasteiger partial charge in [-0.3, -0.25) is 9.69 Å². The van der Waals surface area contributed by atoms with Crippen molar-refractivity contribution < 1.29 is 27.6 Å². The maximum atomic E-state index is 12.8. The van der Waals surface area contributed by atoms with Crippen molar-refractivity contribution in [3.05, 3.63) is 35.6 Å². The molecule has 1 heterocycles. The number of aryl methyl sites for hydroxylation is 1. The summed E-state index contributed by atoms with van der Waals surface area (Å²) < 4.78 is 40.2. The normalized spacial score (nSPS) is 12.3. The number of hydrogen-bond donors (Lipinski definition) is 1. The van der Waals surface area contributed by atoms with Gasteiger partial charge in [0.2, 0.25) is 5.91 Å². The van der Waals surface area contributed by atoms with Crippen LogP contribution in [-0.2, 0) is 11.3 Å². The van der Waals surface area contributed by atoms with Gasteiger partial charge in [0, 0.05) is 12.6 Å². The predicted octanol–water partition coefficient (Wildman–Crippen LogP) is 4.61. The zero-order valence-corrected chi connectivity index (χ0v) is 17.8. The van der Waals surface area contributed by atoms with Crippen molar-refractivity contribution >= 4 is 11.7 Å². The summed E-state index contributed by atoms with van der Waals surface area (Å²) in [6.45, 7) is 3.39. The number of nitrogens with one attached hydrogen (secondary N) is 1. The van der Waals surface area contributed by atoms with E-state index < -0.39 is 12.7 Å². The Morgan fingerprint density at radius 1 is 1.27 bits per heavy atom. The Labute approximate surface area is 175 Å². The van der Waals surface area contributed by atoms with E-state index in [9.17, 15) is 13.6 Å². The highest BCUT2D eigenvalue weighted by Crippen LogP contribution is 2.30. The lowest BCUT2D eigenvalue weighted by atomic mass is 10.1. The van der Waals surface area contributed by atoms with Crippen molar-refractivity contribution in [2.45, 2.75) is 59.2 Å². The van der Waals surface area contributed by atoms with Gasteiger partial charge in [-0.15, -0.1) is 0 Å². The summed E-state index contributed by atoms with van der Waals surface area (Å²) in [5.74, 6) is 1.04. The monoisotopic (exact) mass is 425 g/mol. The molecule has 30 heavy (non-hydrogen) atoms. The van der Waals surface area contributed by atoms with Gasteiger partial charge in [0.05, 0.1) is 12.6 Å². The molecular formula is C21H29F2N3O4. The van der Waals surface area contributed by atoms with Gasteiger partial charge in [0.25, 0.3) is 0 Å². The summed E-state index contributed by atoms with van der Waals surface area (Å²) in [4.78, 5) is 14.8. The number of benzene rings is 1. The number of halogens is 2. The fourth-order valence-electron chi connectivity index (χ4n) is 3.09. The average Bonchev–Trinajstić information content (AvgIpc) is 3.08.